The van der Waals surface area contributed by atoms with E-state index >= 15 is 4.39 Å². The number of ether oxygens (including phenoxy) is 3. The Hall–Kier alpha value is -3.27. The van der Waals surface area contributed by atoms with Gasteiger partial charge in [-0.2, -0.15) is 23.1 Å². The Morgan fingerprint density at radius 3 is 2.70 bits per heavy atom. The molecule has 0 bridgehead atoms. The van der Waals surface area contributed by atoms with Crippen LogP contribution in [-0.2, 0) is 10.9 Å². The summed E-state index contributed by atoms with van der Waals surface area (Å²) in [4.78, 5) is 17.7. The van der Waals surface area contributed by atoms with E-state index in [1.54, 1.807) is 0 Å². The van der Waals surface area contributed by atoms with Crippen LogP contribution in [0.4, 0.5) is 33.5 Å². The summed E-state index contributed by atoms with van der Waals surface area (Å²) in [5.41, 5.74) is 1.61. The lowest BCUT2D eigenvalue weighted by molar-refractivity contribution is -0.137. The van der Waals surface area contributed by atoms with Gasteiger partial charge in [0, 0.05) is 36.8 Å². The van der Waals surface area contributed by atoms with Gasteiger partial charge >= 0.3 is 12.2 Å². The summed E-state index contributed by atoms with van der Waals surface area (Å²) in [5, 5.41) is 2.89. The largest absolute Gasteiger partial charge is 0.474 e. The molecule has 3 atom stereocenters. The summed E-state index contributed by atoms with van der Waals surface area (Å²) < 4.78 is 92.4. The number of hydrogen-bond donors (Lipinski definition) is 2. The molecule has 10 nitrogen and oxygen atoms in total. The van der Waals surface area contributed by atoms with Crippen molar-refractivity contribution >= 4 is 34.0 Å². The lowest BCUT2D eigenvalue weighted by atomic mass is 9.94. The Bertz CT molecular complexity index is 1740. The second-order valence-electron chi connectivity index (χ2n) is 13.3. The van der Waals surface area contributed by atoms with Crippen molar-refractivity contribution in [2.75, 3.05) is 63.2 Å². The first-order valence-electron chi connectivity index (χ1n) is 15.8. The number of nitrogen functional groups attached to an aromatic ring is 1. The molecule has 1 aromatic carbocycles. The van der Waals surface area contributed by atoms with Crippen LogP contribution in [0, 0.1) is 5.82 Å². The monoisotopic (exact) mass is 681 g/mol. The molecule has 0 radical (unpaired) electrons. The standard InChI is InChI=1S/C31H33ClF5N7O3/c32-20-8-17(38)7-19(22(20)31(35,36)37)24-23(34)25-21-26(42-28(41-25)47-14-29-4-2-6-43(29)10-16(33)9-29)44(11-18-3-1-5-39-18)30(12-45-13-30)15-46-27(21)40-24/h7-8,16,18,39H,1-6,9-15,38H2/t16-,18?,29+/m1/s1. The second kappa shape index (κ2) is 11.1. The average molecular weight is 682 g/mol. The number of nitrogens with two attached hydrogens (primary N) is 1. The number of anilines is 2. The SMILES string of the molecule is Nc1cc(Cl)c(C(F)(F)F)c(-c2nc3c4c(nc(OC[C@@]56CCCN5C[C@H](F)C6)nc4c2F)N(CC2CCCN2)C2(COC2)CO3)c1. The van der Waals surface area contributed by atoms with Crippen molar-refractivity contribution < 1.29 is 36.2 Å². The van der Waals surface area contributed by atoms with Gasteiger partial charge in [-0.1, -0.05) is 11.6 Å². The highest BCUT2D eigenvalue weighted by Gasteiger charge is 2.51. The third-order valence-electron chi connectivity index (χ3n) is 10.2. The van der Waals surface area contributed by atoms with Crippen molar-refractivity contribution in [2.24, 2.45) is 0 Å². The number of alkyl halides is 4. The van der Waals surface area contributed by atoms with Gasteiger partial charge < -0.3 is 30.2 Å². The number of nitrogens with zero attached hydrogens (tertiary/aromatic N) is 5. The Labute approximate surface area is 271 Å². The fourth-order valence-corrected chi connectivity index (χ4v) is 8.23. The molecule has 3 aromatic rings. The Balaban J connectivity index is 1.32. The molecule has 0 saturated carbocycles. The molecular formula is C31H33ClF5N7O3. The summed E-state index contributed by atoms with van der Waals surface area (Å²) in [6.07, 6.45) is -2.14. The van der Waals surface area contributed by atoms with Crippen molar-refractivity contribution in [2.45, 2.75) is 61.6 Å². The van der Waals surface area contributed by atoms with E-state index in [9.17, 15) is 17.6 Å². The van der Waals surface area contributed by atoms with E-state index in [1.165, 1.54) is 0 Å². The molecule has 0 aliphatic carbocycles. The minimum atomic E-state index is -4.95. The third kappa shape index (κ3) is 5.11. The number of halogens is 6. The van der Waals surface area contributed by atoms with Gasteiger partial charge in [0.05, 0.1) is 29.3 Å². The third-order valence-corrected chi connectivity index (χ3v) is 10.5. The van der Waals surface area contributed by atoms with Crippen LogP contribution in [0.5, 0.6) is 11.9 Å². The number of aromatic nitrogens is 3. The van der Waals surface area contributed by atoms with Crippen LogP contribution in [0.25, 0.3) is 22.2 Å². The molecule has 0 amide bonds. The molecule has 4 fully saturated rings. The maximum absolute atomic E-state index is 16.8. The fraction of sp³-hybridized carbons (Fsp3) is 0.581. The summed E-state index contributed by atoms with van der Waals surface area (Å²) in [5.74, 6) is -0.989. The fourth-order valence-electron chi connectivity index (χ4n) is 7.89. The topological polar surface area (TPSA) is 111 Å². The summed E-state index contributed by atoms with van der Waals surface area (Å²) in [6, 6.07) is 1.85. The van der Waals surface area contributed by atoms with E-state index in [-0.39, 0.29) is 66.8 Å². The van der Waals surface area contributed by atoms with E-state index in [0.717, 1.165) is 50.9 Å². The van der Waals surface area contributed by atoms with Gasteiger partial charge in [-0.15, -0.1) is 0 Å². The van der Waals surface area contributed by atoms with E-state index in [1.807, 2.05) is 4.90 Å². The first-order valence-corrected chi connectivity index (χ1v) is 16.2. The zero-order chi connectivity index (χ0) is 32.7. The average Bonchev–Trinajstić information content (AvgIpc) is 3.68. The zero-order valence-corrected chi connectivity index (χ0v) is 26.1. The van der Waals surface area contributed by atoms with Crippen LogP contribution in [0.15, 0.2) is 12.1 Å². The van der Waals surface area contributed by atoms with Crippen molar-refractivity contribution in [3.8, 4) is 23.1 Å². The van der Waals surface area contributed by atoms with Gasteiger partial charge in [0.15, 0.2) is 5.82 Å². The Morgan fingerprint density at radius 1 is 1.15 bits per heavy atom. The van der Waals surface area contributed by atoms with Crippen LogP contribution >= 0.6 is 11.6 Å². The van der Waals surface area contributed by atoms with Crippen molar-refractivity contribution in [1.29, 1.82) is 0 Å². The second-order valence-corrected chi connectivity index (χ2v) is 13.7. The van der Waals surface area contributed by atoms with Gasteiger partial charge in [0.25, 0.3) is 0 Å². The van der Waals surface area contributed by atoms with Crippen LogP contribution in [0.1, 0.15) is 37.7 Å². The summed E-state index contributed by atoms with van der Waals surface area (Å²) in [7, 11) is 0. The summed E-state index contributed by atoms with van der Waals surface area (Å²) in [6.45, 7) is 3.07. The highest BCUT2D eigenvalue weighted by Crippen LogP contribution is 2.48. The molecule has 3 N–H and O–H groups in total. The quantitative estimate of drug-likeness (QED) is 0.279. The van der Waals surface area contributed by atoms with E-state index < -0.39 is 51.1 Å². The Morgan fingerprint density at radius 2 is 1.98 bits per heavy atom. The van der Waals surface area contributed by atoms with Crippen molar-refractivity contribution in [3.05, 3.63) is 28.5 Å². The molecule has 7 heterocycles. The Kier molecular flexibility index (Phi) is 7.35. The number of nitrogens with one attached hydrogen (secondary N) is 1. The van der Waals surface area contributed by atoms with Crippen LogP contribution in [-0.4, -0.2) is 95.7 Å². The van der Waals surface area contributed by atoms with E-state index in [2.05, 4.69) is 20.2 Å². The number of rotatable bonds is 6. The molecule has 16 heteroatoms. The highest BCUT2D eigenvalue weighted by molar-refractivity contribution is 6.32. The summed E-state index contributed by atoms with van der Waals surface area (Å²) >= 11 is 6.04. The maximum Gasteiger partial charge on any atom is 0.418 e. The predicted octanol–water partition coefficient (Wildman–Crippen LogP) is 4.76. The first-order chi connectivity index (χ1) is 22.5. The molecule has 5 aliphatic heterocycles. The van der Waals surface area contributed by atoms with Gasteiger partial charge in [0.2, 0.25) is 5.88 Å². The molecule has 2 aromatic heterocycles. The molecular weight excluding hydrogens is 649 g/mol. The molecule has 5 aliphatic rings. The van der Waals surface area contributed by atoms with Crippen LogP contribution in [0.3, 0.4) is 0 Å². The molecule has 1 unspecified atom stereocenters. The molecule has 252 valence electrons. The number of benzene rings is 1. The van der Waals surface area contributed by atoms with Gasteiger partial charge in [-0.05, 0) is 50.9 Å². The number of fused-ring (bicyclic) bond motifs is 1. The smallest absolute Gasteiger partial charge is 0.418 e. The van der Waals surface area contributed by atoms with Crippen LogP contribution < -0.4 is 25.4 Å². The molecule has 1 spiro atoms. The minimum absolute atomic E-state index is 0.0548. The van der Waals surface area contributed by atoms with E-state index in [0.29, 0.717) is 19.5 Å². The van der Waals surface area contributed by atoms with Crippen LogP contribution in [0.2, 0.25) is 5.02 Å². The zero-order valence-electron chi connectivity index (χ0n) is 25.3. The van der Waals surface area contributed by atoms with Gasteiger partial charge in [-0.25, -0.2) is 13.8 Å². The molecule has 8 rings (SSSR count). The number of hydrogen-bond acceptors (Lipinski definition) is 10. The highest BCUT2D eigenvalue weighted by atomic mass is 35.5. The number of pyridine rings is 1. The first kappa shape index (κ1) is 31.0. The normalized spacial score (nSPS) is 26.8. The van der Waals surface area contributed by atoms with Crippen molar-refractivity contribution in [3.63, 3.8) is 0 Å². The minimum Gasteiger partial charge on any atom is -0.474 e. The maximum atomic E-state index is 16.8. The van der Waals surface area contributed by atoms with Gasteiger partial charge in [-0.3, -0.25) is 4.90 Å². The van der Waals surface area contributed by atoms with Crippen molar-refractivity contribution in [1.82, 2.24) is 25.2 Å². The lowest BCUT2D eigenvalue weighted by Gasteiger charge is -2.49. The van der Waals surface area contributed by atoms with Gasteiger partial charge in [0.1, 0.15) is 47.3 Å². The van der Waals surface area contributed by atoms with E-state index in [4.69, 9.17) is 36.5 Å². The predicted molar refractivity (Wildman–Crippen MR) is 163 cm³/mol. The molecule has 4 saturated heterocycles. The molecule has 47 heavy (non-hydrogen) atoms. The lowest BCUT2D eigenvalue weighted by Crippen LogP contribution is -2.67.